The molecular formula is C21H16Cl2O3. The van der Waals surface area contributed by atoms with Crippen LogP contribution in [0.4, 0.5) is 0 Å². The number of hydrogen-bond donors (Lipinski definition) is 1. The minimum Gasteiger partial charge on any atom is -0.489 e. The molecule has 0 fully saturated rings. The molecule has 0 saturated carbocycles. The van der Waals surface area contributed by atoms with Gasteiger partial charge in [0, 0.05) is 15.6 Å². The molecule has 26 heavy (non-hydrogen) atoms. The summed E-state index contributed by atoms with van der Waals surface area (Å²) in [6.45, 7) is 0.351. The van der Waals surface area contributed by atoms with Crippen LogP contribution in [-0.2, 0) is 17.8 Å². The van der Waals surface area contributed by atoms with Gasteiger partial charge >= 0.3 is 5.97 Å². The van der Waals surface area contributed by atoms with Gasteiger partial charge in [-0.05, 0) is 41.0 Å². The van der Waals surface area contributed by atoms with Gasteiger partial charge in [-0.1, -0.05) is 65.7 Å². The lowest BCUT2D eigenvalue weighted by molar-refractivity contribution is -0.136. The summed E-state index contributed by atoms with van der Waals surface area (Å²) in [6.07, 6.45) is 0.0108. The highest BCUT2D eigenvalue weighted by molar-refractivity contribution is 6.35. The maximum Gasteiger partial charge on any atom is 0.307 e. The Morgan fingerprint density at radius 2 is 1.69 bits per heavy atom. The van der Waals surface area contributed by atoms with E-state index < -0.39 is 5.97 Å². The molecule has 3 nitrogen and oxygen atoms in total. The first-order valence-corrected chi connectivity index (χ1v) is 8.75. The standard InChI is InChI=1S/C21H16Cl2O3/c22-18-7-4-17(20(23)12-18)13-26-19-8-5-15(6-9-19)16-3-1-2-14(10-16)11-21(24)25/h1-10,12H,11,13H2,(H,24,25). The molecule has 3 aromatic carbocycles. The van der Waals surface area contributed by atoms with Crippen molar-refractivity contribution in [3.8, 4) is 16.9 Å². The molecule has 0 aromatic heterocycles. The first-order chi connectivity index (χ1) is 12.5. The van der Waals surface area contributed by atoms with E-state index in [2.05, 4.69) is 0 Å². The van der Waals surface area contributed by atoms with E-state index in [9.17, 15) is 4.79 Å². The largest absolute Gasteiger partial charge is 0.489 e. The number of halogens is 2. The van der Waals surface area contributed by atoms with Crippen molar-refractivity contribution < 1.29 is 14.6 Å². The summed E-state index contributed by atoms with van der Waals surface area (Å²) in [7, 11) is 0. The van der Waals surface area contributed by atoms with Crippen LogP contribution in [-0.4, -0.2) is 11.1 Å². The van der Waals surface area contributed by atoms with Crippen LogP contribution in [0.1, 0.15) is 11.1 Å². The summed E-state index contributed by atoms with van der Waals surface area (Å²) in [4.78, 5) is 10.9. The Kier molecular flexibility index (Phi) is 5.82. The first kappa shape index (κ1) is 18.3. The van der Waals surface area contributed by atoms with Crippen LogP contribution in [0.2, 0.25) is 10.0 Å². The van der Waals surface area contributed by atoms with E-state index in [1.165, 1.54) is 0 Å². The molecule has 0 spiro atoms. The Bertz CT molecular complexity index is 921. The van der Waals surface area contributed by atoms with Crippen molar-refractivity contribution in [3.05, 3.63) is 87.9 Å². The van der Waals surface area contributed by atoms with Crippen LogP contribution >= 0.6 is 23.2 Å². The molecule has 3 aromatic rings. The molecule has 0 bridgehead atoms. The number of aliphatic carboxylic acids is 1. The lowest BCUT2D eigenvalue weighted by atomic mass is 10.0. The number of carboxylic acid groups (broad SMARTS) is 1. The van der Waals surface area contributed by atoms with E-state index in [4.69, 9.17) is 33.0 Å². The molecule has 0 unspecified atom stereocenters. The number of rotatable bonds is 6. The second-order valence-electron chi connectivity index (χ2n) is 5.82. The molecule has 0 amide bonds. The van der Waals surface area contributed by atoms with Crippen molar-refractivity contribution in [2.45, 2.75) is 13.0 Å². The normalized spacial score (nSPS) is 10.5. The first-order valence-electron chi connectivity index (χ1n) is 7.99. The van der Waals surface area contributed by atoms with E-state index in [0.29, 0.717) is 16.7 Å². The van der Waals surface area contributed by atoms with Gasteiger partial charge in [0.05, 0.1) is 6.42 Å². The van der Waals surface area contributed by atoms with E-state index in [0.717, 1.165) is 28.0 Å². The van der Waals surface area contributed by atoms with Gasteiger partial charge in [0.2, 0.25) is 0 Å². The maximum absolute atomic E-state index is 10.9. The van der Waals surface area contributed by atoms with Crippen molar-refractivity contribution >= 4 is 29.2 Å². The number of hydrogen-bond acceptors (Lipinski definition) is 2. The number of carboxylic acids is 1. The zero-order chi connectivity index (χ0) is 18.5. The Hall–Kier alpha value is -2.49. The lowest BCUT2D eigenvalue weighted by Gasteiger charge is -2.09. The monoisotopic (exact) mass is 386 g/mol. The van der Waals surface area contributed by atoms with Gasteiger partial charge in [0.15, 0.2) is 0 Å². The molecule has 0 saturated heterocycles. The average Bonchev–Trinajstić information content (AvgIpc) is 2.61. The highest BCUT2D eigenvalue weighted by atomic mass is 35.5. The molecule has 0 radical (unpaired) electrons. The van der Waals surface area contributed by atoms with Crippen LogP contribution in [0.25, 0.3) is 11.1 Å². The highest BCUT2D eigenvalue weighted by Gasteiger charge is 2.05. The van der Waals surface area contributed by atoms with Gasteiger partial charge < -0.3 is 9.84 Å². The summed E-state index contributed by atoms with van der Waals surface area (Å²) in [6, 6.07) is 20.5. The fourth-order valence-corrected chi connectivity index (χ4v) is 3.04. The van der Waals surface area contributed by atoms with E-state index in [1.807, 2.05) is 54.6 Å². The van der Waals surface area contributed by atoms with Crippen LogP contribution < -0.4 is 4.74 Å². The minimum absolute atomic E-state index is 0.0108. The van der Waals surface area contributed by atoms with Crippen LogP contribution in [0.15, 0.2) is 66.7 Å². The Morgan fingerprint density at radius 3 is 2.38 bits per heavy atom. The summed E-state index contributed by atoms with van der Waals surface area (Å²) >= 11 is 12.0. The molecule has 5 heteroatoms. The third-order valence-corrected chi connectivity index (χ3v) is 4.47. The minimum atomic E-state index is -0.841. The molecule has 132 valence electrons. The third kappa shape index (κ3) is 4.78. The van der Waals surface area contributed by atoms with Crippen molar-refractivity contribution in [2.75, 3.05) is 0 Å². The van der Waals surface area contributed by atoms with Crippen molar-refractivity contribution in [1.82, 2.24) is 0 Å². The van der Waals surface area contributed by atoms with Crippen molar-refractivity contribution in [3.63, 3.8) is 0 Å². The molecule has 0 atom stereocenters. The third-order valence-electron chi connectivity index (χ3n) is 3.88. The van der Waals surface area contributed by atoms with Gasteiger partial charge in [0.1, 0.15) is 12.4 Å². The number of ether oxygens (including phenoxy) is 1. The smallest absolute Gasteiger partial charge is 0.307 e. The highest BCUT2D eigenvalue weighted by Crippen LogP contribution is 2.26. The number of benzene rings is 3. The Labute approximate surface area is 161 Å². The molecule has 0 heterocycles. The molecule has 0 aliphatic heterocycles. The average molecular weight is 387 g/mol. The predicted octanol–water partition coefficient (Wildman–Crippen LogP) is 5.87. The van der Waals surface area contributed by atoms with Gasteiger partial charge in [-0.15, -0.1) is 0 Å². The fraction of sp³-hybridized carbons (Fsp3) is 0.0952. The molecular weight excluding hydrogens is 371 g/mol. The maximum atomic E-state index is 10.9. The molecule has 0 aliphatic rings. The predicted molar refractivity (Wildman–Crippen MR) is 104 cm³/mol. The quantitative estimate of drug-likeness (QED) is 0.576. The lowest BCUT2D eigenvalue weighted by Crippen LogP contribution is -1.99. The van der Waals surface area contributed by atoms with Crippen molar-refractivity contribution in [2.24, 2.45) is 0 Å². The fourth-order valence-electron chi connectivity index (χ4n) is 2.58. The summed E-state index contributed by atoms with van der Waals surface area (Å²) in [5.41, 5.74) is 3.60. The molecule has 3 rings (SSSR count). The van der Waals surface area contributed by atoms with E-state index in [-0.39, 0.29) is 6.42 Å². The SMILES string of the molecule is O=C(O)Cc1cccc(-c2ccc(OCc3ccc(Cl)cc3Cl)cc2)c1. The molecule has 1 N–H and O–H groups in total. The second kappa shape index (κ2) is 8.26. The molecule has 0 aliphatic carbocycles. The Morgan fingerprint density at radius 1 is 0.923 bits per heavy atom. The van der Waals surface area contributed by atoms with Gasteiger partial charge in [-0.25, -0.2) is 0 Å². The van der Waals surface area contributed by atoms with E-state index in [1.54, 1.807) is 12.1 Å². The van der Waals surface area contributed by atoms with E-state index >= 15 is 0 Å². The zero-order valence-corrected chi connectivity index (χ0v) is 15.3. The second-order valence-corrected chi connectivity index (χ2v) is 6.66. The van der Waals surface area contributed by atoms with Crippen molar-refractivity contribution in [1.29, 1.82) is 0 Å². The summed E-state index contributed by atoms with van der Waals surface area (Å²) < 4.78 is 5.77. The number of carbonyl (C=O) groups is 1. The zero-order valence-electron chi connectivity index (χ0n) is 13.8. The summed E-state index contributed by atoms with van der Waals surface area (Å²) in [5.74, 6) is -0.117. The topological polar surface area (TPSA) is 46.5 Å². The van der Waals surface area contributed by atoms with Gasteiger partial charge in [-0.2, -0.15) is 0 Å². The van der Waals surface area contributed by atoms with Gasteiger partial charge in [0.25, 0.3) is 0 Å². The van der Waals surface area contributed by atoms with Crippen LogP contribution in [0.3, 0.4) is 0 Å². The summed E-state index contributed by atoms with van der Waals surface area (Å²) in [5, 5.41) is 10.1. The van der Waals surface area contributed by atoms with Gasteiger partial charge in [-0.3, -0.25) is 4.79 Å². The Balaban J connectivity index is 1.69. The van der Waals surface area contributed by atoms with Crippen LogP contribution in [0.5, 0.6) is 5.75 Å². The van der Waals surface area contributed by atoms with Crippen LogP contribution in [0, 0.1) is 0 Å².